The number of Topliss-reactive ketones (excluding diaryl/α,β-unsaturated/α-hetero) is 1. The normalized spacial score (nSPS) is 14.4. The highest BCUT2D eigenvalue weighted by atomic mass is 32.2. The van der Waals surface area contributed by atoms with Gasteiger partial charge in [-0.1, -0.05) is 18.2 Å². The van der Waals surface area contributed by atoms with Gasteiger partial charge in [-0.3, -0.25) is 4.79 Å². The Morgan fingerprint density at radius 2 is 1.58 bits per heavy atom. The van der Waals surface area contributed by atoms with E-state index in [-0.39, 0.29) is 15.6 Å². The predicted molar refractivity (Wildman–Crippen MR) is 71.0 cm³/mol. The molecule has 0 heterocycles. The largest absolute Gasteiger partial charge is 0.294 e. The molecule has 0 saturated carbocycles. The van der Waals surface area contributed by atoms with Crippen LogP contribution in [-0.2, 0) is 16.3 Å². The number of carbonyl (C=O) groups is 1. The molecule has 0 aromatic heterocycles. The maximum atomic E-state index is 12.4. The van der Waals surface area contributed by atoms with Gasteiger partial charge in [-0.2, -0.15) is 0 Å². The van der Waals surface area contributed by atoms with Gasteiger partial charge < -0.3 is 0 Å². The molecule has 0 saturated heterocycles. The van der Waals surface area contributed by atoms with Crippen LogP contribution in [-0.4, -0.2) is 14.2 Å². The molecule has 0 atom stereocenters. The van der Waals surface area contributed by atoms with E-state index in [1.165, 1.54) is 6.07 Å². The van der Waals surface area contributed by atoms with Crippen molar-refractivity contribution in [1.29, 1.82) is 0 Å². The fraction of sp³-hybridized carbons (Fsp3) is 0.133. The first-order valence-corrected chi connectivity index (χ1v) is 7.53. The number of sulfone groups is 1. The first kappa shape index (κ1) is 12.1. The Labute approximate surface area is 111 Å². The zero-order valence-electron chi connectivity index (χ0n) is 10.2. The predicted octanol–water partition coefficient (Wildman–Crippen LogP) is 2.65. The van der Waals surface area contributed by atoms with Crippen LogP contribution in [0.5, 0.6) is 0 Å². The molecule has 0 fully saturated rings. The summed E-state index contributed by atoms with van der Waals surface area (Å²) in [5.41, 5.74) is 1.49. The molecule has 1 aliphatic rings. The molecule has 0 N–H and O–H groups in total. The van der Waals surface area contributed by atoms with Crippen LogP contribution in [0.3, 0.4) is 0 Å². The van der Waals surface area contributed by atoms with Gasteiger partial charge in [0.25, 0.3) is 0 Å². The highest BCUT2D eigenvalue weighted by Gasteiger charge is 2.23. The lowest BCUT2D eigenvalue weighted by Crippen LogP contribution is -2.03. The van der Waals surface area contributed by atoms with Crippen LogP contribution in [0.15, 0.2) is 58.3 Å². The van der Waals surface area contributed by atoms with Crippen LogP contribution >= 0.6 is 0 Å². The van der Waals surface area contributed by atoms with Crippen molar-refractivity contribution in [3.8, 4) is 0 Å². The number of hydrogen-bond donors (Lipinski definition) is 0. The van der Waals surface area contributed by atoms with E-state index in [2.05, 4.69) is 0 Å². The molecule has 3 nitrogen and oxygen atoms in total. The van der Waals surface area contributed by atoms with Crippen LogP contribution in [0.4, 0.5) is 0 Å². The van der Waals surface area contributed by atoms with Crippen molar-refractivity contribution in [2.24, 2.45) is 0 Å². The standard InChI is InChI=1S/C15H12O3S/c16-15-9-6-11-10-13(7-8-14(11)15)19(17,18)12-4-2-1-3-5-12/h1-5,7-8,10H,6,9H2. The monoisotopic (exact) mass is 272 g/mol. The number of aryl methyl sites for hydroxylation is 1. The van der Waals surface area contributed by atoms with Gasteiger partial charge >= 0.3 is 0 Å². The minimum absolute atomic E-state index is 0.0960. The van der Waals surface area contributed by atoms with Crippen molar-refractivity contribution in [2.45, 2.75) is 22.6 Å². The Bertz CT molecular complexity index is 746. The molecule has 0 unspecified atom stereocenters. The molecular weight excluding hydrogens is 260 g/mol. The molecule has 2 aromatic rings. The first-order valence-electron chi connectivity index (χ1n) is 6.05. The highest BCUT2D eigenvalue weighted by Crippen LogP contribution is 2.27. The third kappa shape index (κ3) is 1.98. The summed E-state index contributed by atoms with van der Waals surface area (Å²) in [4.78, 5) is 12.1. The van der Waals surface area contributed by atoms with Crippen LogP contribution in [0.25, 0.3) is 0 Å². The zero-order valence-corrected chi connectivity index (χ0v) is 11.0. The van der Waals surface area contributed by atoms with Crippen molar-refractivity contribution in [1.82, 2.24) is 0 Å². The summed E-state index contributed by atoms with van der Waals surface area (Å²) in [6, 6.07) is 13.1. The van der Waals surface area contributed by atoms with Gasteiger partial charge in [-0.25, -0.2) is 8.42 Å². The fourth-order valence-corrected chi connectivity index (χ4v) is 3.67. The average molecular weight is 272 g/mol. The lowest BCUT2D eigenvalue weighted by Gasteiger charge is -2.06. The third-order valence-electron chi connectivity index (χ3n) is 3.36. The van der Waals surface area contributed by atoms with Gasteiger partial charge in [0.15, 0.2) is 5.78 Å². The minimum atomic E-state index is -3.49. The molecule has 0 amide bonds. The maximum Gasteiger partial charge on any atom is 0.206 e. The smallest absolute Gasteiger partial charge is 0.206 e. The first-order chi connectivity index (χ1) is 9.09. The Balaban J connectivity index is 2.11. The van der Waals surface area contributed by atoms with Gasteiger partial charge in [-0.15, -0.1) is 0 Å². The van der Waals surface area contributed by atoms with E-state index in [0.29, 0.717) is 18.4 Å². The molecule has 4 heteroatoms. The summed E-state index contributed by atoms with van der Waals surface area (Å²) < 4.78 is 24.9. The van der Waals surface area contributed by atoms with Gasteiger partial charge in [0, 0.05) is 12.0 Å². The topological polar surface area (TPSA) is 51.2 Å². The number of rotatable bonds is 2. The molecule has 1 aliphatic carbocycles. The van der Waals surface area contributed by atoms with Gasteiger partial charge in [0.2, 0.25) is 9.84 Å². The quantitative estimate of drug-likeness (QED) is 0.844. The Morgan fingerprint density at radius 1 is 0.842 bits per heavy atom. The van der Waals surface area contributed by atoms with E-state index in [9.17, 15) is 13.2 Å². The van der Waals surface area contributed by atoms with Crippen molar-refractivity contribution < 1.29 is 13.2 Å². The molecular formula is C15H12O3S. The molecule has 19 heavy (non-hydrogen) atoms. The van der Waals surface area contributed by atoms with Crippen LogP contribution in [0.2, 0.25) is 0 Å². The molecule has 0 radical (unpaired) electrons. The van der Waals surface area contributed by atoms with Gasteiger partial charge in [0.05, 0.1) is 9.79 Å². The summed E-state index contributed by atoms with van der Waals surface area (Å²) in [6.07, 6.45) is 1.11. The van der Waals surface area contributed by atoms with Crippen molar-refractivity contribution >= 4 is 15.6 Å². The van der Waals surface area contributed by atoms with E-state index in [4.69, 9.17) is 0 Å². The average Bonchev–Trinajstić information content (AvgIpc) is 2.81. The second-order valence-electron chi connectivity index (χ2n) is 4.56. The lowest BCUT2D eigenvalue weighted by atomic mass is 10.1. The molecule has 96 valence electrons. The Kier molecular flexibility index (Phi) is 2.75. The van der Waals surface area contributed by atoms with Crippen molar-refractivity contribution in [3.05, 3.63) is 59.7 Å². The van der Waals surface area contributed by atoms with Gasteiger partial charge in [0.1, 0.15) is 0 Å². The fourth-order valence-electron chi connectivity index (χ4n) is 2.33. The van der Waals surface area contributed by atoms with Crippen LogP contribution < -0.4 is 0 Å². The van der Waals surface area contributed by atoms with Crippen molar-refractivity contribution in [3.63, 3.8) is 0 Å². The van der Waals surface area contributed by atoms with Crippen LogP contribution in [0.1, 0.15) is 22.3 Å². The maximum absolute atomic E-state index is 12.4. The van der Waals surface area contributed by atoms with E-state index in [1.807, 2.05) is 0 Å². The molecule has 3 rings (SSSR count). The lowest BCUT2D eigenvalue weighted by molar-refractivity contribution is 0.0994. The summed E-state index contributed by atoms with van der Waals surface area (Å²) in [5, 5.41) is 0. The number of benzene rings is 2. The molecule has 0 bridgehead atoms. The number of carbonyl (C=O) groups excluding carboxylic acids is 1. The summed E-state index contributed by atoms with van der Waals surface area (Å²) in [6.45, 7) is 0. The van der Waals surface area contributed by atoms with Crippen molar-refractivity contribution in [2.75, 3.05) is 0 Å². The highest BCUT2D eigenvalue weighted by molar-refractivity contribution is 7.91. The number of ketones is 1. The number of fused-ring (bicyclic) bond motifs is 1. The minimum Gasteiger partial charge on any atom is -0.294 e. The second-order valence-corrected chi connectivity index (χ2v) is 6.51. The summed E-state index contributed by atoms with van der Waals surface area (Å²) in [5.74, 6) is 0.0960. The summed E-state index contributed by atoms with van der Waals surface area (Å²) in [7, 11) is -3.49. The SMILES string of the molecule is O=C1CCc2cc(S(=O)(=O)c3ccccc3)ccc21. The van der Waals surface area contributed by atoms with E-state index in [1.54, 1.807) is 42.5 Å². The molecule has 0 aliphatic heterocycles. The Morgan fingerprint density at radius 3 is 2.32 bits per heavy atom. The van der Waals surface area contributed by atoms with Crippen LogP contribution in [0, 0.1) is 0 Å². The van der Waals surface area contributed by atoms with E-state index in [0.717, 1.165) is 5.56 Å². The third-order valence-corrected chi connectivity index (χ3v) is 5.13. The van der Waals surface area contributed by atoms with Gasteiger partial charge in [-0.05, 0) is 42.3 Å². The van der Waals surface area contributed by atoms with E-state index < -0.39 is 9.84 Å². The zero-order chi connectivity index (χ0) is 13.5. The second kappa shape index (κ2) is 4.31. The molecule has 0 spiro atoms. The van der Waals surface area contributed by atoms with E-state index >= 15 is 0 Å². The Hall–Kier alpha value is -1.94. The molecule has 2 aromatic carbocycles. The number of hydrogen-bond acceptors (Lipinski definition) is 3. The summed E-state index contributed by atoms with van der Waals surface area (Å²) >= 11 is 0.